The highest BCUT2D eigenvalue weighted by molar-refractivity contribution is 9.09. The molecule has 0 N–H and O–H groups in total. The number of nitrogens with zero attached hydrogens (tertiary/aromatic N) is 1. The summed E-state index contributed by atoms with van der Waals surface area (Å²) < 4.78 is 5.27. The summed E-state index contributed by atoms with van der Waals surface area (Å²) in [5, 5.41) is 1.08. The Hall–Kier alpha value is 0.400. The van der Waals surface area contributed by atoms with E-state index in [4.69, 9.17) is 4.74 Å². The van der Waals surface area contributed by atoms with Gasteiger partial charge in [-0.3, -0.25) is 4.90 Å². The van der Waals surface area contributed by atoms with Crippen LogP contribution in [-0.2, 0) is 4.74 Å². The molecule has 0 saturated heterocycles. The van der Waals surface area contributed by atoms with Gasteiger partial charge in [-0.15, -0.1) is 0 Å². The Morgan fingerprint density at radius 1 is 1.33 bits per heavy atom. The third kappa shape index (κ3) is 5.18. The Morgan fingerprint density at radius 3 is 2.33 bits per heavy atom. The van der Waals surface area contributed by atoms with E-state index in [9.17, 15) is 0 Å². The van der Waals surface area contributed by atoms with Gasteiger partial charge in [0.15, 0.2) is 0 Å². The molecule has 1 rings (SSSR count). The fourth-order valence-electron chi connectivity index (χ4n) is 2.38. The van der Waals surface area contributed by atoms with E-state index in [-0.39, 0.29) is 0 Å². The predicted molar refractivity (Wildman–Crippen MR) is 82.4 cm³/mol. The molecule has 0 bridgehead atoms. The van der Waals surface area contributed by atoms with E-state index in [0.717, 1.165) is 24.4 Å². The first-order valence-corrected chi connectivity index (χ1v) is 8.31. The number of hydrogen-bond acceptors (Lipinski definition) is 2. The largest absolute Gasteiger partial charge is 0.383 e. The zero-order chi connectivity index (χ0) is 13.8. The Kier molecular flexibility index (Phi) is 6.63. The van der Waals surface area contributed by atoms with E-state index in [0.29, 0.717) is 17.4 Å². The number of halogens is 1. The minimum Gasteiger partial charge on any atom is -0.383 e. The van der Waals surface area contributed by atoms with Crippen molar-refractivity contribution in [3.8, 4) is 0 Å². The van der Waals surface area contributed by atoms with E-state index in [1.807, 2.05) is 0 Å². The van der Waals surface area contributed by atoms with Crippen molar-refractivity contribution in [2.45, 2.75) is 46.6 Å². The Morgan fingerprint density at radius 2 is 1.94 bits per heavy atom. The van der Waals surface area contributed by atoms with Crippen LogP contribution in [-0.4, -0.2) is 43.1 Å². The first kappa shape index (κ1) is 16.5. The molecule has 1 saturated carbocycles. The zero-order valence-electron chi connectivity index (χ0n) is 12.7. The number of alkyl halides is 1. The van der Waals surface area contributed by atoms with Crippen molar-refractivity contribution < 1.29 is 4.74 Å². The standard InChI is InChI=1S/C15H30BrNO/c1-12(13-6-7-13)17(8-9-18-5)11-14(10-16)15(2,3)4/h12-14H,6-11H2,1-5H3. The molecule has 108 valence electrons. The van der Waals surface area contributed by atoms with Crippen molar-refractivity contribution in [2.24, 2.45) is 17.3 Å². The summed E-state index contributed by atoms with van der Waals surface area (Å²) >= 11 is 3.69. The second-order valence-corrected chi connectivity index (χ2v) is 7.43. The van der Waals surface area contributed by atoms with Crippen LogP contribution in [0.2, 0.25) is 0 Å². The maximum Gasteiger partial charge on any atom is 0.0589 e. The third-order valence-electron chi connectivity index (χ3n) is 4.33. The lowest BCUT2D eigenvalue weighted by Gasteiger charge is -2.37. The molecule has 0 aromatic rings. The van der Waals surface area contributed by atoms with Gasteiger partial charge in [-0.25, -0.2) is 0 Å². The molecule has 0 aromatic carbocycles. The summed E-state index contributed by atoms with van der Waals surface area (Å²) in [6.45, 7) is 12.5. The van der Waals surface area contributed by atoms with E-state index in [2.05, 4.69) is 48.5 Å². The molecule has 2 nitrogen and oxygen atoms in total. The molecule has 2 unspecified atom stereocenters. The smallest absolute Gasteiger partial charge is 0.0589 e. The monoisotopic (exact) mass is 319 g/mol. The second kappa shape index (κ2) is 7.25. The van der Waals surface area contributed by atoms with E-state index in [1.165, 1.54) is 19.4 Å². The van der Waals surface area contributed by atoms with Crippen LogP contribution >= 0.6 is 15.9 Å². The molecule has 18 heavy (non-hydrogen) atoms. The van der Waals surface area contributed by atoms with Crippen LogP contribution in [0.1, 0.15) is 40.5 Å². The van der Waals surface area contributed by atoms with Crippen molar-refractivity contribution in [2.75, 3.05) is 32.1 Å². The average Bonchev–Trinajstić information content (AvgIpc) is 3.10. The molecule has 0 amide bonds. The molecule has 2 atom stereocenters. The lowest BCUT2D eigenvalue weighted by atomic mass is 9.81. The topological polar surface area (TPSA) is 12.5 Å². The number of rotatable bonds is 8. The van der Waals surface area contributed by atoms with Gasteiger partial charge < -0.3 is 4.74 Å². The third-order valence-corrected chi connectivity index (χ3v) is 5.11. The second-order valence-electron chi connectivity index (χ2n) is 6.78. The molecule has 0 spiro atoms. The van der Waals surface area contributed by atoms with Gasteiger partial charge in [-0.1, -0.05) is 36.7 Å². The summed E-state index contributed by atoms with van der Waals surface area (Å²) in [5.41, 5.74) is 0.359. The summed E-state index contributed by atoms with van der Waals surface area (Å²) in [7, 11) is 1.80. The van der Waals surface area contributed by atoms with Crippen LogP contribution < -0.4 is 0 Å². The summed E-state index contributed by atoms with van der Waals surface area (Å²) in [6, 6.07) is 0.712. The van der Waals surface area contributed by atoms with Crippen LogP contribution in [0.5, 0.6) is 0 Å². The van der Waals surface area contributed by atoms with Crippen LogP contribution in [0.3, 0.4) is 0 Å². The number of hydrogen-bond donors (Lipinski definition) is 0. The van der Waals surface area contributed by atoms with Crippen LogP contribution in [0.15, 0.2) is 0 Å². The van der Waals surface area contributed by atoms with E-state index in [1.54, 1.807) is 7.11 Å². The molecule has 3 heteroatoms. The van der Waals surface area contributed by atoms with Gasteiger partial charge in [-0.05, 0) is 37.0 Å². The van der Waals surface area contributed by atoms with Crippen molar-refractivity contribution in [1.82, 2.24) is 4.90 Å². The van der Waals surface area contributed by atoms with Crippen LogP contribution in [0.25, 0.3) is 0 Å². The molecule has 1 aliphatic carbocycles. The Balaban J connectivity index is 2.57. The summed E-state index contributed by atoms with van der Waals surface area (Å²) in [4.78, 5) is 2.64. The van der Waals surface area contributed by atoms with E-state index < -0.39 is 0 Å². The quantitative estimate of drug-likeness (QED) is 0.631. The molecule has 0 radical (unpaired) electrons. The zero-order valence-corrected chi connectivity index (χ0v) is 14.3. The molecule has 1 fully saturated rings. The molecule has 1 aliphatic rings. The number of ether oxygens (including phenoxy) is 1. The first-order chi connectivity index (χ1) is 8.40. The van der Waals surface area contributed by atoms with Gasteiger partial charge in [0.25, 0.3) is 0 Å². The van der Waals surface area contributed by atoms with Crippen molar-refractivity contribution in [1.29, 1.82) is 0 Å². The fourth-order valence-corrected chi connectivity index (χ4v) is 3.56. The van der Waals surface area contributed by atoms with Gasteiger partial charge in [0, 0.05) is 31.6 Å². The fraction of sp³-hybridized carbons (Fsp3) is 1.00. The van der Waals surface area contributed by atoms with Crippen LogP contribution in [0.4, 0.5) is 0 Å². The maximum absolute atomic E-state index is 5.27. The summed E-state index contributed by atoms with van der Waals surface area (Å²) in [6.07, 6.45) is 2.83. The lowest BCUT2D eigenvalue weighted by Crippen LogP contribution is -2.43. The minimum absolute atomic E-state index is 0.359. The average molecular weight is 320 g/mol. The maximum atomic E-state index is 5.27. The highest BCUT2D eigenvalue weighted by atomic mass is 79.9. The Labute approximate surface area is 122 Å². The van der Waals surface area contributed by atoms with Crippen LogP contribution in [0, 0.1) is 17.3 Å². The normalized spacial score (nSPS) is 20.2. The highest BCUT2D eigenvalue weighted by Crippen LogP contribution is 2.36. The SMILES string of the molecule is COCCN(CC(CBr)C(C)(C)C)C(C)C1CC1. The highest BCUT2D eigenvalue weighted by Gasteiger charge is 2.34. The van der Waals surface area contributed by atoms with Crippen molar-refractivity contribution in [3.05, 3.63) is 0 Å². The molecular formula is C15H30BrNO. The van der Waals surface area contributed by atoms with Gasteiger partial charge in [0.05, 0.1) is 6.61 Å². The molecule has 0 aliphatic heterocycles. The number of methoxy groups -OCH3 is 1. The summed E-state index contributed by atoms with van der Waals surface area (Å²) in [5.74, 6) is 1.62. The van der Waals surface area contributed by atoms with Crippen molar-refractivity contribution in [3.63, 3.8) is 0 Å². The predicted octanol–water partition coefficient (Wildman–Crippen LogP) is 3.79. The van der Waals surface area contributed by atoms with Gasteiger partial charge in [0.2, 0.25) is 0 Å². The minimum atomic E-state index is 0.359. The Bertz CT molecular complexity index is 235. The van der Waals surface area contributed by atoms with Gasteiger partial charge >= 0.3 is 0 Å². The molecule has 0 heterocycles. The molecular weight excluding hydrogens is 290 g/mol. The lowest BCUT2D eigenvalue weighted by molar-refractivity contribution is 0.0847. The van der Waals surface area contributed by atoms with Gasteiger partial charge in [-0.2, -0.15) is 0 Å². The van der Waals surface area contributed by atoms with Gasteiger partial charge in [0.1, 0.15) is 0 Å². The van der Waals surface area contributed by atoms with Crippen molar-refractivity contribution >= 4 is 15.9 Å². The molecule has 0 aromatic heterocycles. The first-order valence-electron chi connectivity index (χ1n) is 7.19. The van der Waals surface area contributed by atoms with E-state index >= 15 is 0 Å².